The van der Waals surface area contributed by atoms with Crippen molar-refractivity contribution in [1.82, 2.24) is 10.2 Å². The molecule has 0 spiro atoms. The molecular formula is C16H30N2. The highest BCUT2D eigenvalue weighted by atomic mass is 15.2. The van der Waals surface area contributed by atoms with Gasteiger partial charge in [0.15, 0.2) is 0 Å². The first-order valence-electron chi connectivity index (χ1n) is 8.22. The van der Waals surface area contributed by atoms with Crippen molar-refractivity contribution in [1.29, 1.82) is 0 Å². The zero-order chi connectivity index (χ0) is 12.5. The van der Waals surface area contributed by atoms with Gasteiger partial charge in [-0.15, -0.1) is 0 Å². The lowest BCUT2D eigenvalue weighted by molar-refractivity contribution is 0.118. The van der Waals surface area contributed by atoms with Crippen molar-refractivity contribution >= 4 is 0 Å². The number of hydrogen-bond donors (Lipinski definition) is 1. The van der Waals surface area contributed by atoms with Gasteiger partial charge in [0.2, 0.25) is 0 Å². The fourth-order valence-electron chi connectivity index (χ4n) is 4.58. The van der Waals surface area contributed by atoms with Crippen LogP contribution in [0.4, 0.5) is 0 Å². The molecule has 0 radical (unpaired) electrons. The summed E-state index contributed by atoms with van der Waals surface area (Å²) in [6.07, 6.45) is 10.1. The molecule has 5 atom stereocenters. The van der Waals surface area contributed by atoms with Crippen LogP contribution in [-0.4, -0.2) is 36.1 Å². The summed E-state index contributed by atoms with van der Waals surface area (Å²) in [4.78, 5) is 2.75. The van der Waals surface area contributed by atoms with Crippen molar-refractivity contribution in [3.8, 4) is 0 Å². The number of rotatable bonds is 2. The minimum absolute atomic E-state index is 0.786. The average molecular weight is 250 g/mol. The van der Waals surface area contributed by atoms with Crippen LogP contribution in [0.1, 0.15) is 58.8 Å². The number of piperidine rings is 1. The zero-order valence-corrected chi connectivity index (χ0v) is 12.2. The van der Waals surface area contributed by atoms with Crippen molar-refractivity contribution in [2.24, 2.45) is 11.8 Å². The third kappa shape index (κ3) is 2.75. The first-order chi connectivity index (χ1) is 8.72. The molecule has 104 valence electrons. The van der Waals surface area contributed by atoms with Gasteiger partial charge >= 0.3 is 0 Å². The first kappa shape index (κ1) is 12.9. The van der Waals surface area contributed by atoms with Crippen LogP contribution in [0.15, 0.2) is 0 Å². The van der Waals surface area contributed by atoms with Gasteiger partial charge in [-0.2, -0.15) is 0 Å². The Hall–Kier alpha value is -0.0800. The van der Waals surface area contributed by atoms with Crippen molar-refractivity contribution in [2.75, 3.05) is 13.1 Å². The Kier molecular flexibility index (Phi) is 3.95. The first-order valence-corrected chi connectivity index (χ1v) is 8.22. The summed E-state index contributed by atoms with van der Waals surface area (Å²) in [6, 6.07) is 2.45. The second kappa shape index (κ2) is 5.50. The largest absolute Gasteiger partial charge is 0.310 e. The zero-order valence-electron chi connectivity index (χ0n) is 12.2. The van der Waals surface area contributed by atoms with E-state index >= 15 is 0 Å². The summed E-state index contributed by atoms with van der Waals surface area (Å²) in [5.41, 5.74) is 0. The highest BCUT2D eigenvalue weighted by molar-refractivity contribution is 4.94. The molecule has 3 rings (SSSR count). The van der Waals surface area contributed by atoms with Crippen LogP contribution >= 0.6 is 0 Å². The Labute approximate surface area is 113 Å². The molecule has 2 nitrogen and oxygen atoms in total. The molecule has 0 amide bonds. The second-order valence-corrected chi connectivity index (χ2v) is 7.22. The van der Waals surface area contributed by atoms with E-state index in [-0.39, 0.29) is 0 Å². The number of hydrogen-bond acceptors (Lipinski definition) is 2. The molecule has 2 saturated heterocycles. The van der Waals surface area contributed by atoms with E-state index in [9.17, 15) is 0 Å². The monoisotopic (exact) mass is 250 g/mol. The number of nitrogens with one attached hydrogen (secondary N) is 1. The Morgan fingerprint density at radius 3 is 2.67 bits per heavy atom. The maximum atomic E-state index is 3.93. The average Bonchev–Trinajstić information content (AvgIpc) is 2.75. The molecule has 0 aromatic carbocycles. The number of fused-ring (bicyclic) bond motifs is 1. The molecule has 1 N–H and O–H groups in total. The van der Waals surface area contributed by atoms with Gasteiger partial charge in [-0.1, -0.05) is 19.8 Å². The quantitative estimate of drug-likeness (QED) is 0.810. The highest BCUT2D eigenvalue weighted by Crippen LogP contribution is 2.34. The van der Waals surface area contributed by atoms with Gasteiger partial charge in [0.25, 0.3) is 0 Å². The molecular weight excluding hydrogens is 220 g/mol. The van der Waals surface area contributed by atoms with Gasteiger partial charge in [-0.3, -0.25) is 4.90 Å². The summed E-state index contributed by atoms with van der Waals surface area (Å²) in [7, 11) is 0. The Balaban J connectivity index is 1.51. The van der Waals surface area contributed by atoms with E-state index in [4.69, 9.17) is 0 Å². The molecule has 2 aliphatic heterocycles. The molecule has 18 heavy (non-hydrogen) atoms. The van der Waals surface area contributed by atoms with Gasteiger partial charge in [-0.05, 0) is 57.4 Å². The molecule has 2 heteroatoms. The van der Waals surface area contributed by atoms with E-state index in [2.05, 4.69) is 24.1 Å². The fourth-order valence-corrected chi connectivity index (χ4v) is 4.58. The summed E-state index contributed by atoms with van der Waals surface area (Å²) >= 11 is 0. The predicted molar refractivity (Wildman–Crippen MR) is 76.7 cm³/mol. The standard InChI is InChI=1S/C16H30N2/c1-12-7-8-18(13(2)9-12)11-15-10-14-5-3-4-6-16(14)17-15/h12-17H,3-11H2,1-2H3. The molecule has 5 unspecified atom stereocenters. The van der Waals surface area contributed by atoms with Crippen molar-refractivity contribution in [2.45, 2.75) is 76.9 Å². The van der Waals surface area contributed by atoms with E-state index in [1.54, 1.807) is 0 Å². The van der Waals surface area contributed by atoms with Crippen LogP contribution in [0.3, 0.4) is 0 Å². The molecule has 0 bridgehead atoms. The number of likely N-dealkylation sites (tertiary alicyclic amines) is 1. The maximum Gasteiger partial charge on any atom is 0.0201 e. The van der Waals surface area contributed by atoms with Gasteiger partial charge in [0, 0.05) is 24.7 Å². The van der Waals surface area contributed by atoms with Crippen molar-refractivity contribution in [3.05, 3.63) is 0 Å². The summed E-state index contributed by atoms with van der Waals surface area (Å²) in [5, 5.41) is 3.93. The van der Waals surface area contributed by atoms with Crippen LogP contribution in [-0.2, 0) is 0 Å². The lowest BCUT2D eigenvalue weighted by Crippen LogP contribution is -2.47. The van der Waals surface area contributed by atoms with Crippen LogP contribution in [0.5, 0.6) is 0 Å². The van der Waals surface area contributed by atoms with Crippen molar-refractivity contribution in [3.63, 3.8) is 0 Å². The van der Waals surface area contributed by atoms with E-state index < -0.39 is 0 Å². The van der Waals surface area contributed by atoms with Gasteiger partial charge in [-0.25, -0.2) is 0 Å². The topological polar surface area (TPSA) is 15.3 Å². The molecule has 3 fully saturated rings. The Morgan fingerprint density at radius 1 is 1.06 bits per heavy atom. The van der Waals surface area contributed by atoms with E-state index in [1.807, 2.05) is 0 Å². The van der Waals surface area contributed by atoms with Crippen LogP contribution in [0.25, 0.3) is 0 Å². The Morgan fingerprint density at radius 2 is 1.89 bits per heavy atom. The smallest absolute Gasteiger partial charge is 0.0201 e. The molecule has 0 aromatic rings. The van der Waals surface area contributed by atoms with Crippen molar-refractivity contribution < 1.29 is 0 Å². The normalized spacial score (nSPS) is 46.0. The fraction of sp³-hybridized carbons (Fsp3) is 1.00. The second-order valence-electron chi connectivity index (χ2n) is 7.22. The van der Waals surface area contributed by atoms with Gasteiger partial charge < -0.3 is 5.32 Å². The summed E-state index contributed by atoms with van der Waals surface area (Å²) < 4.78 is 0. The predicted octanol–water partition coefficient (Wildman–Crippen LogP) is 3.03. The highest BCUT2D eigenvalue weighted by Gasteiger charge is 2.36. The molecule has 1 saturated carbocycles. The third-order valence-electron chi connectivity index (χ3n) is 5.68. The molecule has 1 aliphatic carbocycles. The molecule has 0 aromatic heterocycles. The van der Waals surface area contributed by atoms with Crippen LogP contribution in [0.2, 0.25) is 0 Å². The minimum Gasteiger partial charge on any atom is -0.310 e. The van der Waals surface area contributed by atoms with Crippen LogP contribution < -0.4 is 5.32 Å². The Bertz CT molecular complexity index is 264. The molecule has 3 aliphatic rings. The van der Waals surface area contributed by atoms with Gasteiger partial charge in [0.1, 0.15) is 0 Å². The van der Waals surface area contributed by atoms with E-state index in [0.717, 1.165) is 30.0 Å². The van der Waals surface area contributed by atoms with E-state index in [1.165, 1.54) is 58.0 Å². The van der Waals surface area contributed by atoms with E-state index in [0.29, 0.717) is 0 Å². The third-order valence-corrected chi connectivity index (χ3v) is 5.68. The lowest BCUT2D eigenvalue weighted by Gasteiger charge is -2.38. The van der Waals surface area contributed by atoms with Gasteiger partial charge in [0.05, 0.1) is 0 Å². The SMILES string of the molecule is CC1CCN(CC2CC3CCCCC3N2)C(C)C1. The minimum atomic E-state index is 0.786. The summed E-state index contributed by atoms with van der Waals surface area (Å²) in [5.74, 6) is 1.94. The molecule has 2 heterocycles. The van der Waals surface area contributed by atoms with Crippen LogP contribution in [0, 0.1) is 11.8 Å². The lowest BCUT2D eigenvalue weighted by atomic mass is 9.85. The summed E-state index contributed by atoms with van der Waals surface area (Å²) in [6.45, 7) is 7.48. The maximum absolute atomic E-state index is 3.93. The number of nitrogens with zero attached hydrogens (tertiary/aromatic N) is 1.